The molecule has 0 amide bonds. The molecule has 8 heteroatoms. The van der Waals surface area contributed by atoms with E-state index in [9.17, 15) is 5.26 Å². The van der Waals surface area contributed by atoms with Crippen LogP contribution >= 0.6 is 0 Å². The fourth-order valence-corrected chi connectivity index (χ4v) is 5.45. The van der Waals surface area contributed by atoms with Crippen LogP contribution in [0.3, 0.4) is 0 Å². The van der Waals surface area contributed by atoms with Crippen molar-refractivity contribution in [3.8, 4) is 6.07 Å². The first-order valence-electron chi connectivity index (χ1n) is 13.9. The van der Waals surface area contributed by atoms with Gasteiger partial charge in [-0.05, 0) is 74.1 Å². The molecule has 0 atom stereocenters. The Morgan fingerprint density at radius 2 is 1.87 bits per heavy atom. The molecule has 0 radical (unpaired) electrons. The van der Waals surface area contributed by atoms with Crippen LogP contribution in [-0.4, -0.2) is 41.3 Å². The molecule has 6 nitrogen and oxygen atoms in total. The van der Waals surface area contributed by atoms with E-state index in [2.05, 4.69) is 51.4 Å². The first kappa shape index (κ1) is 27.0. The van der Waals surface area contributed by atoms with E-state index in [-0.39, 0.29) is 12.0 Å². The van der Waals surface area contributed by atoms with Gasteiger partial charge in [0.1, 0.15) is 0 Å². The highest BCUT2D eigenvalue weighted by Crippen LogP contribution is 2.49. The zero-order valence-electron chi connectivity index (χ0n) is 22.6. The number of anilines is 1. The Morgan fingerprint density at radius 3 is 2.64 bits per heavy atom. The highest BCUT2D eigenvalue weighted by molar-refractivity contribution is 5.94. The van der Waals surface area contributed by atoms with Crippen LogP contribution in [0.4, 0.5) is 14.6 Å². The van der Waals surface area contributed by atoms with Crippen molar-refractivity contribution in [1.82, 2.24) is 20.4 Å². The van der Waals surface area contributed by atoms with Crippen LogP contribution in [0.15, 0.2) is 54.9 Å². The lowest BCUT2D eigenvalue weighted by Crippen LogP contribution is -2.29. The summed E-state index contributed by atoms with van der Waals surface area (Å²) in [5, 5.41) is 27.1. The average Bonchev–Trinajstić information content (AvgIpc) is 3.74. The number of nitrogens with one attached hydrogen (secondary N) is 2. The molecule has 0 spiro atoms. The molecule has 0 unspecified atom stereocenters. The summed E-state index contributed by atoms with van der Waals surface area (Å²) in [6, 6.07) is 13.3. The Kier molecular flexibility index (Phi) is 7.81. The van der Waals surface area contributed by atoms with Crippen molar-refractivity contribution in [1.29, 1.82) is 5.26 Å². The van der Waals surface area contributed by atoms with Crippen LogP contribution in [0.2, 0.25) is 0 Å². The largest absolute Gasteiger partial charge is 0.388 e. The normalized spacial score (nSPS) is 20.0. The number of rotatable bonds is 2. The molecule has 1 fully saturated rings. The number of fused-ring (bicyclic) bond motifs is 2. The first-order valence-corrected chi connectivity index (χ1v) is 13.9. The minimum Gasteiger partial charge on any atom is -0.388 e. The molecule has 1 saturated carbocycles. The van der Waals surface area contributed by atoms with Gasteiger partial charge in [0.2, 0.25) is 0 Å². The highest BCUT2D eigenvalue weighted by Gasteiger charge is 2.45. The summed E-state index contributed by atoms with van der Waals surface area (Å²) in [5.74, 6) is -2.32. The molecular weight excluding hydrogens is 494 g/mol. The van der Waals surface area contributed by atoms with Crippen molar-refractivity contribution >= 4 is 16.6 Å². The molecule has 204 valence electrons. The zero-order chi connectivity index (χ0) is 27.5. The van der Waals surface area contributed by atoms with E-state index < -0.39 is 11.3 Å². The lowest BCUT2D eigenvalue weighted by Gasteiger charge is -2.23. The molecule has 2 N–H and O–H groups in total. The molecule has 0 saturated heterocycles. The average molecular weight is 531 g/mol. The van der Waals surface area contributed by atoms with Crippen LogP contribution in [0.5, 0.6) is 0 Å². The van der Waals surface area contributed by atoms with Crippen LogP contribution in [0, 0.1) is 11.3 Å². The Balaban J connectivity index is 1.52. The number of hydrogen-bond acceptors (Lipinski definition) is 6. The third-order valence-electron chi connectivity index (χ3n) is 8.03. The fraction of sp³-hybridized carbons (Fsp3) is 0.452. The van der Waals surface area contributed by atoms with Crippen LogP contribution < -0.4 is 10.6 Å². The summed E-state index contributed by atoms with van der Waals surface area (Å²) in [4.78, 5) is 2.23. The minimum absolute atomic E-state index is 0.0419. The van der Waals surface area contributed by atoms with E-state index in [1.165, 1.54) is 6.07 Å². The molecule has 2 aromatic carbocycles. The summed E-state index contributed by atoms with van der Waals surface area (Å²) in [6.45, 7) is 9.74. The maximum atomic E-state index is 15.2. The third-order valence-corrected chi connectivity index (χ3v) is 8.03. The molecule has 6 bridgehead atoms. The van der Waals surface area contributed by atoms with Gasteiger partial charge in [-0.2, -0.15) is 10.4 Å². The lowest BCUT2D eigenvalue weighted by molar-refractivity contribution is -0.0173. The van der Waals surface area contributed by atoms with Crippen molar-refractivity contribution in [3.05, 3.63) is 77.1 Å². The number of hydrogen-bond donors (Lipinski definition) is 2. The van der Waals surface area contributed by atoms with Crippen LogP contribution in [0.1, 0.15) is 61.3 Å². The van der Waals surface area contributed by atoms with E-state index in [4.69, 9.17) is 0 Å². The Labute approximate surface area is 229 Å². The standard InChI is InChI=1S/C31H36F2N6/c1-3-39-13-5-9-31(32,33)25-8-4-7-23(16-25)19-36-29-27-18-26(30(21-34)10-11-30)17-24(28(27)20-37-38-29)15-22(2)35-12-6-14-39/h4,7-8,16-18,20,35H,2-3,5-6,9-15,19H2,1H3,(H,36,38). The van der Waals surface area contributed by atoms with Crippen LogP contribution in [-0.2, 0) is 24.3 Å². The monoisotopic (exact) mass is 530 g/mol. The van der Waals surface area contributed by atoms with Gasteiger partial charge in [-0.25, -0.2) is 8.78 Å². The Morgan fingerprint density at radius 1 is 1.05 bits per heavy atom. The van der Waals surface area contributed by atoms with Gasteiger partial charge in [0.25, 0.3) is 5.92 Å². The predicted molar refractivity (Wildman–Crippen MR) is 151 cm³/mol. The van der Waals surface area contributed by atoms with Gasteiger partial charge in [-0.1, -0.05) is 37.8 Å². The van der Waals surface area contributed by atoms with Gasteiger partial charge >= 0.3 is 0 Å². The topological polar surface area (TPSA) is 76.9 Å². The number of benzene rings is 2. The smallest absolute Gasteiger partial charge is 0.273 e. The lowest BCUT2D eigenvalue weighted by atomic mass is 9.91. The summed E-state index contributed by atoms with van der Waals surface area (Å²) in [7, 11) is 0. The number of alkyl halides is 2. The SMILES string of the molecule is C=C1Cc2cc(C3(C#N)CC3)cc3c(nncc23)NCc2cccc(c2)C(F)(F)CCCN(CC)CCCN1. The van der Waals surface area contributed by atoms with Gasteiger partial charge in [0.05, 0.1) is 17.7 Å². The van der Waals surface area contributed by atoms with Crippen molar-refractivity contribution in [3.63, 3.8) is 0 Å². The second-order valence-corrected chi connectivity index (χ2v) is 10.8. The van der Waals surface area contributed by atoms with Gasteiger partial charge in [0.15, 0.2) is 5.82 Å². The fourth-order valence-electron chi connectivity index (χ4n) is 5.45. The molecule has 3 aromatic rings. The number of nitriles is 1. The second kappa shape index (κ2) is 11.3. The van der Waals surface area contributed by atoms with Crippen molar-refractivity contribution < 1.29 is 8.78 Å². The van der Waals surface area contributed by atoms with Gasteiger partial charge < -0.3 is 15.5 Å². The summed E-state index contributed by atoms with van der Waals surface area (Å²) in [6.07, 6.45) is 5.19. The molecule has 5 rings (SSSR count). The highest BCUT2D eigenvalue weighted by atomic mass is 19.3. The van der Waals surface area contributed by atoms with Gasteiger partial charge in [0, 0.05) is 48.0 Å². The quantitative estimate of drug-likeness (QED) is 0.421. The molecule has 1 aliphatic heterocycles. The molecule has 39 heavy (non-hydrogen) atoms. The third kappa shape index (κ3) is 6.04. The summed E-state index contributed by atoms with van der Waals surface area (Å²) in [5.41, 5.74) is 3.26. The summed E-state index contributed by atoms with van der Waals surface area (Å²) >= 11 is 0. The summed E-state index contributed by atoms with van der Waals surface area (Å²) < 4.78 is 30.3. The predicted octanol–water partition coefficient (Wildman–Crippen LogP) is 6.04. The van der Waals surface area contributed by atoms with Crippen LogP contribution in [0.25, 0.3) is 10.8 Å². The maximum absolute atomic E-state index is 15.2. The molecule has 2 aliphatic rings. The van der Waals surface area contributed by atoms with E-state index in [0.717, 1.165) is 72.1 Å². The minimum atomic E-state index is -2.89. The molecule has 2 heterocycles. The molecular formula is C31H36F2N6. The Bertz CT molecular complexity index is 1390. The van der Waals surface area contributed by atoms with Crippen molar-refractivity contribution in [2.45, 2.75) is 63.3 Å². The zero-order valence-corrected chi connectivity index (χ0v) is 22.6. The van der Waals surface area contributed by atoms with Crippen molar-refractivity contribution in [2.75, 3.05) is 31.5 Å². The number of aromatic nitrogens is 2. The van der Waals surface area contributed by atoms with Gasteiger partial charge in [-0.3, -0.25) is 0 Å². The Hall–Kier alpha value is -3.57. The molecule has 1 aliphatic carbocycles. The first-order chi connectivity index (χ1) is 18.8. The van der Waals surface area contributed by atoms with E-state index in [0.29, 0.717) is 31.7 Å². The second-order valence-electron chi connectivity index (χ2n) is 10.8. The number of nitrogens with zero attached hydrogens (tertiary/aromatic N) is 4. The molecule has 1 aromatic heterocycles. The van der Waals surface area contributed by atoms with Gasteiger partial charge in [-0.15, -0.1) is 5.10 Å². The van der Waals surface area contributed by atoms with E-state index in [1.54, 1.807) is 18.3 Å². The maximum Gasteiger partial charge on any atom is 0.273 e. The van der Waals surface area contributed by atoms with E-state index >= 15 is 8.78 Å². The van der Waals surface area contributed by atoms with E-state index in [1.807, 2.05) is 12.1 Å². The van der Waals surface area contributed by atoms with Crippen molar-refractivity contribution in [2.24, 2.45) is 0 Å². The number of allylic oxidation sites excluding steroid dienone is 1. The number of halogens is 2.